The van der Waals surface area contributed by atoms with Crippen LogP contribution < -0.4 is 10.6 Å². The van der Waals surface area contributed by atoms with E-state index < -0.39 is 0 Å². The molecule has 108 valence electrons. The monoisotopic (exact) mass is 301 g/mol. The molecule has 0 aliphatic heterocycles. The highest BCUT2D eigenvalue weighted by Gasteiger charge is 2.17. The van der Waals surface area contributed by atoms with Crippen molar-refractivity contribution in [3.05, 3.63) is 40.8 Å². The van der Waals surface area contributed by atoms with E-state index in [2.05, 4.69) is 38.4 Å². The van der Waals surface area contributed by atoms with E-state index in [-0.39, 0.29) is 12.0 Å². The minimum absolute atomic E-state index is 0.150. The van der Waals surface area contributed by atoms with Crippen LogP contribution in [0.1, 0.15) is 17.8 Å². The number of rotatable bonds is 4. The SMILES string of the molecule is CC(c1cccs1)N(C)c1nc(N)nc(-n2cccn2)n1. The van der Waals surface area contributed by atoms with Crippen molar-refractivity contribution >= 4 is 23.2 Å². The largest absolute Gasteiger partial charge is 0.368 e. The number of thiophene rings is 1. The number of nitrogens with two attached hydrogens (primary N) is 1. The molecule has 21 heavy (non-hydrogen) atoms. The maximum Gasteiger partial charge on any atom is 0.257 e. The molecule has 0 radical (unpaired) electrons. The fourth-order valence-electron chi connectivity index (χ4n) is 1.91. The molecule has 0 amide bonds. The van der Waals surface area contributed by atoms with Crippen LogP contribution in [0, 0.1) is 0 Å². The predicted molar refractivity (Wildman–Crippen MR) is 82.5 cm³/mol. The lowest BCUT2D eigenvalue weighted by atomic mass is 10.2. The van der Waals surface area contributed by atoms with E-state index in [1.54, 1.807) is 34.5 Å². The summed E-state index contributed by atoms with van der Waals surface area (Å²) in [6.45, 7) is 2.10. The first-order valence-corrected chi connectivity index (χ1v) is 7.31. The van der Waals surface area contributed by atoms with Gasteiger partial charge in [0.25, 0.3) is 5.95 Å². The summed E-state index contributed by atoms with van der Waals surface area (Å²) >= 11 is 1.70. The van der Waals surface area contributed by atoms with E-state index >= 15 is 0 Å². The van der Waals surface area contributed by atoms with Crippen LogP contribution in [0.3, 0.4) is 0 Å². The zero-order chi connectivity index (χ0) is 14.8. The Kier molecular flexibility index (Phi) is 3.53. The second-order valence-electron chi connectivity index (χ2n) is 4.55. The number of nitrogens with zero attached hydrogens (tertiary/aromatic N) is 6. The molecular formula is C13H15N7S. The summed E-state index contributed by atoms with van der Waals surface area (Å²) in [6.07, 6.45) is 3.43. The van der Waals surface area contributed by atoms with Gasteiger partial charge in [0, 0.05) is 24.3 Å². The number of hydrogen-bond donors (Lipinski definition) is 1. The molecule has 3 heterocycles. The lowest BCUT2D eigenvalue weighted by Crippen LogP contribution is -2.24. The van der Waals surface area contributed by atoms with E-state index in [4.69, 9.17) is 5.73 Å². The summed E-state index contributed by atoms with van der Waals surface area (Å²) in [5.41, 5.74) is 5.79. The quantitative estimate of drug-likeness (QED) is 0.792. The molecule has 0 aromatic carbocycles. The van der Waals surface area contributed by atoms with Crippen molar-refractivity contribution in [3.63, 3.8) is 0 Å². The predicted octanol–water partition coefficient (Wildman–Crippen LogP) is 1.90. The number of nitrogen functional groups attached to an aromatic ring is 1. The van der Waals surface area contributed by atoms with Crippen LogP contribution in [0.15, 0.2) is 36.0 Å². The minimum Gasteiger partial charge on any atom is -0.368 e. The Balaban J connectivity index is 1.95. The molecule has 0 spiro atoms. The third kappa shape index (κ3) is 2.70. The molecule has 0 aliphatic rings. The van der Waals surface area contributed by atoms with Crippen molar-refractivity contribution in [2.24, 2.45) is 0 Å². The normalized spacial score (nSPS) is 12.3. The molecule has 0 aliphatic carbocycles. The fraction of sp³-hybridized carbons (Fsp3) is 0.231. The van der Waals surface area contributed by atoms with Crippen molar-refractivity contribution in [1.29, 1.82) is 0 Å². The average molecular weight is 301 g/mol. The Bertz CT molecular complexity index is 708. The van der Waals surface area contributed by atoms with E-state index in [1.165, 1.54) is 4.88 Å². The molecule has 0 bridgehead atoms. The van der Waals surface area contributed by atoms with Gasteiger partial charge < -0.3 is 10.6 Å². The number of hydrogen-bond acceptors (Lipinski definition) is 7. The minimum atomic E-state index is 0.150. The van der Waals surface area contributed by atoms with Gasteiger partial charge in [0.2, 0.25) is 11.9 Å². The second kappa shape index (κ2) is 5.49. The van der Waals surface area contributed by atoms with E-state index in [1.807, 2.05) is 18.0 Å². The van der Waals surface area contributed by atoms with Crippen LogP contribution >= 0.6 is 11.3 Å². The number of aromatic nitrogens is 5. The van der Waals surface area contributed by atoms with Gasteiger partial charge in [-0.15, -0.1) is 11.3 Å². The highest BCUT2D eigenvalue weighted by atomic mass is 32.1. The molecular weight excluding hydrogens is 286 g/mol. The third-order valence-corrected chi connectivity index (χ3v) is 4.23. The Morgan fingerprint density at radius 3 is 2.81 bits per heavy atom. The lowest BCUT2D eigenvalue weighted by Gasteiger charge is -2.24. The first-order valence-electron chi connectivity index (χ1n) is 6.43. The van der Waals surface area contributed by atoms with Gasteiger partial charge >= 0.3 is 0 Å². The second-order valence-corrected chi connectivity index (χ2v) is 5.53. The lowest BCUT2D eigenvalue weighted by molar-refractivity contribution is 0.711. The van der Waals surface area contributed by atoms with Crippen LogP contribution in [-0.4, -0.2) is 31.8 Å². The topological polar surface area (TPSA) is 85.8 Å². The van der Waals surface area contributed by atoms with Crippen LogP contribution in [0.2, 0.25) is 0 Å². The van der Waals surface area contributed by atoms with E-state index in [0.717, 1.165) is 0 Å². The van der Waals surface area contributed by atoms with Gasteiger partial charge in [-0.1, -0.05) is 6.07 Å². The summed E-state index contributed by atoms with van der Waals surface area (Å²) < 4.78 is 1.56. The van der Waals surface area contributed by atoms with Gasteiger partial charge in [-0.25, -0.2) is 4.68 Å². The van der Waals surface area contributed by atoms with Crippen LogP contribution in [0.25, 0.3) is 5.95 Å². The zero-order valence-electron chi connectivity index (χ0n) is 11.7. The molecule has 0 fully saturated rings. The molecule has 1 atom stereocenters. The maximum absolute atomic E-state index is 5.79. The Labute approximate surface area is 126 Å². The van der Waals surface area contributed by atoms with Crippen molar-refractivity contribution in [2.75, 3.05) is 17.7 Å². The molecule has 2 N–H and O–H groups in total. The number of anilines is 2. The molecule has 1 unspecified atom stereocenters. The molecule has 0 saturated heterocycles. The van der Waals surface area contributed by atoms with Crippen molar-refractivity contribution < 1.29 is 0 Å². The Morgan fingerprint density at radius 1 is 1.29 bits per heavy atom. The fourth-order valence-corrected chi connectivity index (χ4v) is 2.74. The van der Waals surface area contributed by atoms with Gasteiger partial charge in [-0.3, -0.25) is 0 Å². The Hall–Kier alpha value is -2.48. The van der Waals surface area contributed by atoms with Crippen molar-refractivity contribution in [2.45, 2.75) is 13.0 Å². The molecule has 8 heteroatoms. The van der Waals surface area contributed by atoms with E-state index in [0.29, 0.717) is 11.9 Å². The summed E-state index contributed by atoms with van der Waals surface area (Å²) in [6, 6.07) is 6.07. The van der Waals surface area contributed by atoms with Gasteiger partial charge in [0.1, 0.15) is 0 Å². The molecule has 3 rings (SSSR count). The summed E-state index contributed by atoms with van der Waals surface area (Å²) in [4.78, 5) is 16.0. The molecule has 3 aromatic heterocycles. The summed E-state index contributed by atoms with van der Waals surface area (Å²) in [5.74, 6) is 1.11. The highest BCUT2D eigenvalue weighted by molar-refractivity contribution is 7.10. The van der Waals surface area contributed by atoms with Gasteiger partial charge in [0.15, 0.2) is 0 Å². The van der Waals surface area contributed by atoms with Crippen LogP contribution in [-0.2, 0) is 0 Å². The zero-order valence-corrected chi connectivity index (χ0v) is 12.5. The smallest absolute Gasteiger partial charge is 0.257 e. The molecule has 0 saturated carbocycles. The standard InChI is InChI=1S/C13H15N7S/c1-9(10-5-3-8-21-10)19(2)12-16-11(14)17-13(18-12)20-7-4-6-15-20/h3-9H,1-2H3,(H2,14,16,17,18). The van der Waals surface area contributed by atoms with Gasteiger partial charge in [-0.05, 0) is 24.4 Å². The maximum atomic E-state index is 5.79. The average Bonchev–Trinajstić information content (AvgIpc) is 3.17. The van der Waals surface area contributed by atoms with Crippen molar-refractivity contribution in [1.82, 2.24) is 24.7 Å². The van der Waals surface area contributed by atoms with Crippen LogP contribution in [0.5, 0.6) is 0 Å². The highest BCUT2D eigenvalue weighted by Crippen LogP contribution is 2.26. The van der Waals surface area contributed by atoms with E-state index in [9.17, 15) is 0 Å². The third-order valence-electron chi connectivity index (χ3n) is 3.19. The van der Waals surface area contributed by atoms with Crippen molar-refractivity contribution in [3.8, 4) is 5.95 Å². The van der Waals surface area contributed by atoms with Gasteiger partial charge in [0.05, 0.1) is 6.04 Å². The van der Waals surface area contributed by atoms with Gasteiger partial charge in [-0.2, -0.15) is 20.1 Å². The molecule has 7 nitrogen and oxygen atoms in total. The molecule has 3 aromatic rings. The summed E-state index contributed by atoms with van der Waals surface area (Å²) in [7, 11) is 1.94. The summed E-state index contributed by atoms with van der Waals surface area (Å²) in [5, 5.41) is 6.17. The Morgan fingerprint density at radius 2 is 2.14 bits per heavy atom. The van der Waals surface area contributed by atoms with Crippen LogP contribution in [0.4, 0.5) is 11.9 Å². The first-order chi connectivity index (χ1) is 10.1. The first kappa shape index (κ1) is 13.5.